The summed E-state index contributed by atoms with van der Waals surface area (Å²) in [5.74, 6) is -0.992. The van der Waals surface area contributed by atoms with Crippen molar-refractivity contribution in [3.63, 3.8) is 0 Å². The first-order valence-electron chi connectivity index (χ1n) is 5.10. The summed E-state index contributed by atoms with van der Waals surface area (Å²) in [4.78, 5) is 10.7. The molecule has 82 valence electrons. The van der Waals surface area contributed by atoms with Gasteiger partial charge < -0.3 is 5.11 Å². The molecule has 0 bridgehead atoms. The Balaban J connectivity index is 2.28. The Morgan fingerprint density at radius 3 is 3.00 bits per heavy atom. The van der Waals surface area contributed by atoms with E-state index in [1.165, 1.54) is 0 Å². The standard InChI is InChI=1S/C12H12N2O2/c15-12(16)11-8-10(13-14-11)9-6-4-2-1-3-5-7-9/h1-2,4,6-8H,3,5H2,(H,13,14)(H,15,16). The second kappa shape index (κ2) is 4.61. The Hall–Kier alpha value is -2.10. The van der Waals surface area contributed by atoms with E-state index in [2.05, 4.69) is 22.3 Å². The zero-order valence-corrected chi connectivity index (χ0v) is 8.68. The molecule has 0 aliphatic heterocycles. The van der Waals surface area contributed by atoms with Crippen LogP contribution in [0.4, 0.5) is 0 Å². The van der Waals surface area contributed by atoms with E-state index in [0.717, 1.165) is 18.4 Å². The first-order chi connectivity index (χ1) is 7.77. The summed E-state index contributed by atoms with van der Waals surface area (Å²) < 4.78 is 0. The summed E-state index contributed by atoms with van der Waals surface area (Å²) in [6, 6.07) is 1.55. The SMILES string of the molecule is O=C(O)c1cc(C2=CCCC=CC=C2)n[nH]1. The summed E-state index contributed by atoms with van der Waals surface area (Å²) in [6.45, 7) is 0. The molecule has 4 heteroatoms. The van der Waals surface area contributed by atoms with Gasteiger partial charge in [-0.25, -0.2) is 4.79 Å². The molecule has 0 atom stereocenters. The largest absolute Gasteiger partial charge is 0.477 e. The maximum atomic E-state index is 10.7. The van der Waals surface area contributed by atoms with Gasteiger partial charge in [-0.3, -0.25) is 5.10 Å². The summed E-state index contributed by atoms with van der Waals surface area (Å²) >= 11 is 0. The van der Waals surface area contributed by atoms with Crippen LogP contribution in [0.5, 0.6) is 0 Å². The van der Waals surface area contributed by atoms with Gasteiger partial charge in [0, 0.05) is 0 Å². The van der Waals surface area contributed by atoms with Crippen LogP contribution < -0.4 is 0 Å². The lowest BCUT2D eigenvalue weighted by Gasteiger charge is -1.99. The predicted octanol–water partition coefficient (Wildman–Crippen LogP) is 2.40. The Morgan fingerprint density at radius 2 is 2.25 bits per heavy atom. The van der Waals surface area contributed by atoms with E-state index in [1.54, 1.807) is 6.07 Å². The fourth-order valence-corrected chi connectivity index (χ4v) is 1.51. The van der Waals surface area contributed by atoms with Gasteiger partial charge >= 0.3 is 5.97 Å². The molecule has 0 unspecified atom stereocenters. The molecule has 4 nitrogen and oxygen atoms in total. The molecule has 1 aliphatic rings. The maximum absolute atomic E-state index is 10.7. The van der Waals surface area contributed by atoms with Crippen molar-refractivity contribution in [1.82, 2.24) is 10.2 Å². The number of aromatic nitrogens is 2. The van der Waals surface area contributed by atoms with E-state index in [9.17, 15) is 4.79 Å². The van der Waals surface area contributed by atoms with Gasteiger partial charge in [0.2, 0.25) is 0 Å². The summed E-state index contributed by atoms with van der Waals surface area (Å²) in [5.41, 5.74) is 1.74. The lowest BCUT2D eigenvalue weighted by atomic mass is 10.1. The molecule has 0 radical (unpaired) electrons. The van der Waals surface area contributed by atoms with Crippen molar-refractivity contribution >= 4 is 11.5 Å². The molecule has 0 aromatic carbocycles. The highest BCUT2D eigenvalue weighted by atomic mass is 16.4. The monoisotopic (exact) mass is 216 g/mol. The molecule has 0 saturated carbocycles. The lowest BCUT2D eigenvalue weighted by Crippen LogP contribution is -1.95. The van der Waals surface area contributed by atoms with Gasteiger partial charge in [-0.05, 0) is 24.5 Å². The number of carboxylic acid groups (broad SMARTS) is 1. The van der Waals surface area contributed by atoms with Crippen molar-refractivity contribution in [3.05, 3.63) is 47.8 Å². The number of hydrogen-bond donors (Lipinski definition) is 2. The normalized spacial score (nSPS) is 15.4. The van der Waals surface area contributed by atoms with E-state index < -0.39 is 5.97 Å². The number of H-pyrrole nitrogens is 1. The Labute approximate surface area is 93.0 Å². The van der Waals surface area contributed by atoms with Crippen LogP contribution in [0, 0.1) is 0 Å². The zero-order valence-electron chi connectivity index (χ0n) is 8.68. The quantitative estimate of drug-likeness (QED) is 0.797. The van der Waals surface area contributed by atoms with Gasteiger partial charge in [-0.15, -0.1) is 0 Å². The fourth-order valence-electron chi connectivity index (χ4n) is 1.51. The number of carbonyl (C=O) groups is 1. The molecule has 1 aromatic heterocycles. The average molecular weight is 216 g/mol. The number of nitrogens with one attached hydrogen (secondary N) is 1. The molecule has 1 aliphatic carbocycles. The minimum Gasteiger partial charge on any atom is -0.477 e. The van der Waals surface area contributed by atoms with Crippen LogP contribution in [0.25, 0.3) is 5.57 Å². The molecule has 0 amide bonds. The number of rotatable bonds is 2. The van der Waals surface area contributed by atoms with Crippen molar-refractivity contribution in [3.8, 4) is 0 Å². The van der Waals surface area contributed by atoms with Crippen molar-refractivity contribution in [2.24, 2.45) is 0 Å². The minimum atomic E-state index is -0.992. The van der Waals surface area contributed by atoms with E-state index in [4.69, 9.17) is 5.11 Å². The van der Waals surface area contributed by atoms with Crippen LogP contribution >= 0.6 is 0 Å². The highest BCUT2D eigenvalue weighted by Crippen LogP contribution is 2.17. The molecule has 0 saturated heterocycles. The number of aromatic carboxylic acids is 1. The maximum Gasteiger partial charge on any atom is 0.353 e. The smallest absolute Gasteiger partial charge is 0.353 e. The van der Waals surface area contributed by atoms with Crippen LogP contribution in [0.15, 0.2) is 36.4 Å². The third kappa shape index (κ3) is 2.28. The van der Waals surface area contributed by atoms with Gasteiger partial charge in [-0.2, -0.15) is 5.10 Å². The van der Waals surface area contributed by atoms with Crippen LogP contribution in [0.1, 0.15) is 29.0 Å². The van der Waals surface area contributed by atoms with Crippen molar-refractivity contribution in [2.75, 3.05) is 0 Å². The predicted molar refractivity (Wildman–Crippen MR) is 61.0 cm³/mol. The topological polar surface area (TPSA) is 66.0 Å². The molecule has 2 N–H and O–H groups in total. The van der Waals surface area contributed by atoms with Crippen molar-refractivity contribution < 1.29 is 9.90 Å². The van der Waals surface area contributed by atoms with E-state index >= 15 is 0 Å². The zero-order chi connectivity index (χ0) is 11.4. The molecular formula is C12H12N2O2. The van der Waals surface area contributed by atoms with E-state index in [-0.39, 0.29) is 5.69 Å². The molecule has 0 fully saturated rings. The summed E-state index contributed by atoms with van der Waals surface area (Å²) in [7, 11) is 0. The van der Waals surface area contributed by atoms with Crippen LogP contribution in [0.2, 0.25) is 0 Å². The fraction of sp³-hybridized carbons (Fsp3) is 0.167. The van der Waals surface area contributed by atoms with E-state index in [1.807, 2.05) is 18.2 Å². The minimum absolute atomic E-state index is 0.113. The van der Waals surface area contributed by atoms with Crippen molar-refractivity contribution in [1.29, 1.82) is 0 Å². The van der Waals surface area contributed by atoms with Gasteiger partial charge in [-0.1, -0.05) is 30.4 Å². The molecular weight excluding hydrogens is 204 g/mol. The van der Waals surface area contributed by atoms with Gasteiger partial charge in [0.25, 0.3) is 0 Å². The Morgan fingerprint density at radius 1 is 1.38 bits per heavy atom. The second-order valence-corrected chi connectivity index (χ2v) is 3.50. The molecule has 16 heavy (non-hydrogen) atoms. The first kappa shape index (κ1) is 10.4. The molecule has 1 aromatic rings. The van der Waals surface area contributed by atoms with Crippen LogP contribution in [0.3, 0.4) is 0 Å². The Kier molecular flexibility index (Phi) is 3.00. The molecule has 1 heterocycles. The van der Waals surface area contributed by atoms with Crippen LogP contribution in [-0.4, -0.2) is 21.3 Å². The third-order valence-corrected chi connectivity index (χ3v) is 2.32. The lowest BCUT2D eigenvalue weighted by molar-refractivity contribution is 0.0690. The third-order valence-electron chi connectivity index (χ3n) is 2.32. The number of hydrogen-bond acceptors (Lipinski definition) is 2. The highest BCUT2D eigenvalue weighted by Gasteiger charge is 2.09. The highest BCUT2D eigenvalue weighted by molar-refractivity contribution is 5.87. The first-order valence-corrected chi connectivity index (χ1v) is 5.10. The van der Waals surface area contributed by atoms with Gasteiger partial charge in [0.1, 0.15) is 5.69 Å². The average Bonchev–Trinajstić information content (AvgIpc) is 2.66. The van der Waals surface area contributed by atoms with Crippen LogP contribution in [-0.2, 0) is 0 Å². The van der Waals surface area contributed by atoms with Crippen molar-refractivity contribution in [2.45, 2.75) is 12.8 Å². The second-order valence-electron chi connectivity index (χ2n) is 3.50. The summed E-state index contributed by atoms with van der Waals surface area (Å²) in [5, 5.41) is 15.3. The van der Waals surface area contributed by atoms with E-state index in [0.29, 0.717) is 5.69 Å². The molecule has 0 spiro atoms. The van der Waals surface area contributed by atoms with Gasteiger partial charge in [0.05, 0.1) is 5.69 Å². The summed E-state index contributed by atoms with van der Waals surface area (Å²) in [6.07, 6.45) is 11.9. The number of nitrogens with zero attached hydrogens (tertiary/aromatic N) is 1. The number of aromatic amines is 1. The number of carboxylic acids is 1. The molecule has 2 rings (SSSR count). The Bertz CT molecular complexity index is 481. The number of allylic oxidation sites excluding steroid dienone is 6. The van der Waals surface area contributed by atoms with Gasteiger partial charge in [0.15, 0.2) is 0 Å².